The SMILES string of the molecule is CN=C(NCCc1ccccn1)NC1CCN(c2ncccc2Cl)C1.I. The van der Waals surface area contributed by atoms with Gasteiger partial charge in [-0.05, 0) is 30.7 Å². The van der Waals surface area contributed by atoms with E-state index in [0.717, 1.165) is 49.9 Å². The van der Waals surface area contributed by atoms with Gasteiger partial charge in [-0.1, -0.05) is 17.7 Å². The van der Waals surface area contributed by atoms with E-state index >= 15 is 0 Å². The average Bonchev–Trinajstić information content (AvgIpc) is 3.10. The average molecular weight is 487 g/mol. The van der Waals surface area contributed by atoms with Crippen molar-refractivity contribution in [2.75, 3.05) is 31.6 Å². The summed E-state index contributed by atoms with van der Waals surface area (Å²) >= 11 is 6.25. The fourth-order valence-electron chi connectivity index (χ4n) is 2.92. The molecule has 1 aliphatic heterocycles. The van der Waals surface area contributed by atoms with Gasteiger partial charge in [-0.25, -0.2) is 4.98 Å². The summed E-state index contributed by atoms with van der Waals surface area (Å²) in [6.07, 6.45) is 5.48. The number of nitrogens with zero attached hydrogens (tertiary/aromatic N) is 4. The van der Waals surface area contributed by atoms with Gasteiger partial charge in [0.25, 0.3) is 0 Å². The lowest BCUT2D eigenvalue weighted by Gasteiger charge is -2.20. The summed E-state index contributed by atoms with van der Waals surface area (Å²) in [6.45, 7) is 2.58. The molecule has 2 N–H and O–H groups in total. The lowest BCUT2D eigenvalue weighted by molar-refractivity contribution is 0.647. The van der Waals surface area contributed by atoms with Crippen molar-refractivity contribution in [1.82, 2.24) is 20.6 Å². The van der Waals surface area contributed by atoms with Crippen LogP contribution in [0.5, 0.6) is 0 Å². The van der Waals surface area contributed by atoms with Gasteiger partial charge in [-0.3, -0.25) is 9.98 Å². The van der Waals surface area contributed by atoms with Crippen molar-refractivity contribution in [3.05, 3.63) is 53.4 Å². The zero-order chi connectivity index (χ0) is 17.5. The predicted octanol–water partition coefficient (Wildman–Crippen LogP) is 2.73. The van der Waals surface area contributed by atoms with E-state index in [0.29, 0.717) is 11.1 Å². The molecule has 0 aromatic carbocycles. The zero-order valence-corrected chi connectivity index (χ0v) is 17.8. The van der Waals surface area contributed by atoms with Crippen LogP contribution in [0.15, 0.2) is 47.7 Å². The van der Waals surface area contributed by atoms with E-state index in [1.165, 1.54) is 0 Å². The number of pyridine rings is 2. The quantitative estimate of drug-likeness (QED) is 0.387. The molecule has 1 saturated heterocycles. The highest BCUT2D eigenvalue weighted by molar-refractivity contribution is 14.0. The molecule has 0 radical (unpaired) electrons. The molecule has 0 amide bonds. The third-order valence-electron chi connectivity index (χ3n) is 4.19. The number of hydrogen-bond donors (Lipinski definition) is 2. The standard InChI is InChI=1S/C18H23ClN6.HI/c1-20-18(23-11-7-14-5-2-3-9-21-14)24-15-8-12-25(13-15)17-16(19)6-4-10-22-17;/h2-6,9-10,15H,7-8,11-13H2,1H3,(H2,20,23,24);1H. The Morgan fingerprint density at radius 1 is 1.27 bits per heavy atom. The van der Waals surface area contributed by atoms with Crippen LogP contribution in [0.2, 0.25) is 5.02 Å². The Balaban J connectivity index is 0.00000243. The van der Waals surface area contributed by atoms with E-state index in [4.69, 9.17) is 11.6 Å². The molecular weight excluding hydrogens is 463 g/mol. The van der Waals surface area contributed by atoms with Gasteiger partial charge < -0.3 is 15.5 Å². The number of hydrogen-bond acceptors (Lipinski definition) is 4. The predicted molar refractivity (Wildman–Crippen MR) is 118 cm³/mol. The number of rotatable bonds is 5. The Kier molecular flexibility index (Phi) is 8.37. The summed E-state index contributed by atoms with van der Waals surface area (Å²) < 4.78 is 0. The first-order chi connectivity index (χ1) is 12.3. The Hall–Kier alpha value is -1.61. The molecule has 2 aromatic heterocycles. The number of aliphatic imine (C=N–C) groups is 1. The van der Waals surface area contributed by atoms with Crippen molar-refractivity contribution in [3.63, 3.8) is 0 Å². The van der Waals surface area contributed by atoms with Gasteiger partial charge in [-0.2, -0.15) is 0 Å². The highest BCUT2D eigenvalue weighted by Crippen LogP contribution is 2.25. The Labute approximate surface area is 176 Å². The molecule has 2 aromatic rings. The van der Waals surface area contributed by atoms with Crippen LogP contribution in [0.25, 0.3) is 0 Å². The van der Waals surface area contributed by atoms with Crippen LogP contribution in [0.3, 0.4) is 0 Å². The van der Waals surface area contributed by atoms with Crippen LogP contribution >= 0.6 is 35.6 Å². The minimum absolute atomic E-state index is 0. The maximum Gasteiger partial charge on any atom is 0.191 e. The molecule has 8 heteroatoms. The lowest BCUT2D eigenvalue weighted by Crippen LogP contribution is -2.45. The molecule has 0 bridgehead atoms. The Morgan fingerprint density at radius 2 is 2.12 bits per heavy atom. The number of nitrogens with one attached hydrogen (secondary N) is 2. The van der Waals surface area contributed by atoms with Crippen molar-refractivity contribution in [1.29, 1.82) is 0 Å². The molecule has 3 rings (SSSR count). The minimum Gasteiger partial charge on any atom is -0.356 e. The van der Waals surface area contributed by atoms with E-state index in [1.54, 1.807) is 13.2 Å². The molecule has 0 saturated carbocycles. The maximum atomic E-state index is 6.25. The van der Waals surface area contributed by atoms with Crippen molar-refractivity contribution >= 4 is 47.4 Å². The molecule has 140 valence electrons. The van der Waals surface area contributed by atoms with E-state index in [9.17, 15) is 0 Å². The van der Waals surface area contributed by atoms with Crippen molar-refractivity contribution in [2.24, 2.45) is 4.99 Å². The molecule has 1 aliphatic rings. The summed E-state index contributed by atoms with van der Waals surface area (Å²) in [5.41, 5.74) is 1.07. The summed E-state index contributed by atoms with van der Waals surface area (Å²) in [5, 5.41) is 7.52. The molecule has 0 spiro atoms. The molecule has 0 aliphatic carbocycles. The smallest absolute Gasteiger partial charge is 0.191 e. The highest BCUT2D eigenvalue weighted by atomic mass is 127. The molecule has 1 fully saturated rings. The fourth-order valence-corrected chi connectivity index (χ4v) is 3.16. The largest absolute Gasteiger partial charge is 0.356 e. The van der Waals surface area contributed by atoms with Gasteiger partial charge in [0, 0.05) is 57.2 Å². The van der Waals surface area contributed by atoms with E-state index in [2.05, 4.69) is 30.5 Å². The van der Waals surface area contributed by atoms with Crippen molar-refractivity contribution < 1.29 is 0 Å². The van der Waals surface area contributed by atoms with Crippen LogP contribution in [0, 0.1) is 0 Å². The fraction of sp³-hybridized carbons (Fsp3) is 0.389. The van der Waals surface area contributed by atoms with Crippen LogP contribution in [-0.2, 0) is 6.42 Å². The topological polar surface area (TPSA) is 65.4 Å². The van der Waals surface area contributed by atoms with Crippen LogP contribution in [0.1, 0.15) is 12.1 Å². The van der Waals surface area contributed by atoms with Gasteiger partial charge >= 0.3 is 0 Å². The monoisotopic (exact) mass is 486 g/mol. The third-order valence-corrected chi connectivity index (χ3v) is 4.49. The number of anilines is 1. The van der Waals surface area contributed by atoms with Gasteiger partial charge in [0.05, 0.1) is 5.02 Å². The van der Waals surface area contributed by atoms with Crippen LogP contribution in [-0.4, -0.2) is 48.7 Å². The van der Waals surface area contributed by atoms with Gasteiger partial charge in [0.2, 0.25) is 0 Å². The zero-order valence-electron chi connectivity index (χ0n) is 14.7. The summed E-state index contributed by atoms with van der Waals surface area (Å²) in [5.74, 6) is 1.67. The normalized spacial score (nSPS) is 16.9. The second kappa shape index (κ2) is 10.5. The highest BCUT2D eigenvalue weighted by Gasteiger charge is 2.25. The van der Waals surface area contributed by atoms with Gasteiger partial charge in [-0.15, -0.1) is 24.0 Å². The molecule has 3 heterocycles. The summed E-state index contributed by atoms with van der Waals surface area (Å²) in [7, 11) is 1.79. The maximum absolute atomic E-state index is 6.25. The third kappa shape index (κ3) is 5.70. The molecule has 1 atom stereocenters. The number of guanidine groups is 1. The molecule has 1 unspecified atom stereocenters. The van der Waals surface area contributed by atoms with Crippen LogP contribution in [0.4, 0.5) is 5.82 Å². The summed E-state index contributed by atoms with van der Waals surface area (Å²) in [6, 6.07) is 10.0. The second-order valence-corrected chi connectivity index (χ2v) is 6.36. The van der Waals surface area contributed by atoms with Crippen molar-refractivity contribution in [2.45, 2.75) is 18.9 Å². The van der Waals surface area contributed by atoms with E-state index in [1.807, 2.05) is 36.5 Å². The Morgan fingerprint density at radius 3 is 2.85 bits per heavy atom. The minimum atomic E-state index is 0. The first-order valence-corrected chi connectivity index (χ1v) is 8.86. The van der Waals surface area contributed by atoms with Gasteiger partial charge in [0.15, 0.2) is 5.96 Å². The van der Waals surface area contributed by atoms with E-state index in [-0.39, 0.29) is 24.0 Å². The molecular formula is C18H24ClIN6. The first kappa shape index (κ1) is 20.7. The lowest BCUT2D eigenvalue weighted by atomic mass is 10.2. The molecule has 26 heavy (non-hydrogen) atoms. The molecule has 6 nitrogen and oxygen atoms in total. The van der Waals surface area contributed by atoms with Crippen LogP contribution < -0.4 is 15.5 Å². The van der Waals surface area contributed by atoms with Gasteiger partial charge in [0.1, 0.15) is 5.82 Å². The second-order valence-electron chi connectivity index (χ2n) is 5.95. The number of halogens is 2. The van der Waals surface area contributed by atoms with Crippen molar-refractivity contribution in [3.8, 4) is 0 Å². The Bertz CT molecular complexity index is 712. The number of aromatic nitrogens is 2. The van der Waals surface area contributed by atoms with E-state index < -0.39 is 0 Å². The summed E-state index contributed by atoms with van der Waals surface area (Å²) in [4.78, 5) is 15.2. The first-order valence-electron chi connectivity index (χ1n) is 8.49.